The van der Waals surface area contributed by atoms with Crippen LogP contribution in [-0.2, 0) is 0 Å². The lowest BCUT2D eigenvalue weighted by molar-refractivity contribution is 0.283. The third kappa shape index (κ3) is 11.8. The number of aliphatic hydroxyl groups excluding tert-OH is 1. The van der Waals surface area contributed by atoms with Gasteiger partial charge in [-0.25, -0.2) is 0 Å². The van der Waals surface area contributed by atoms with Gasteiger partial charge >= 0.3 is 0 Å². The van der Waals surface area contributed by atoms with Crippen LogP contribution in [-0.4, -0.2) is 24.3 Å². The van der Waals surface area contributed by atoms with Crippen LogP contribution in [0.15, 0.2) is 0 Å². The van der Waals surface area contributed by atoms with Crippen LogP contribution >= 0.6 is 0 Å². The van der Waals surface area contributed by atoms with E-state index in [-0.39, 0.29) is 6.61 Å². The van der Waals surface area contributed by atoms with E-state index in [1.807, 2.05) is 0 Å². The molecule has 0 amide bonds. The monoisotopic (exact) mass is 215 g/mol. The first-order chi connectivity index (χ1) is 7.31. The predicted octanol–water partition coefficient (Wildman–Crippen LogP) is 3.10. The highest BCUT2D eigenvalue weighted by Crippen LogP contribution is 2.09. The molecule has 0 aromatic rings. The fourth-order valence-corrected chi connectivity index (χ4v) is 1.82. The topological polar surface area (TPSA) is 32.3 Å². The van der Waals surface area contributed by atoms with Crippen molar-refractivity contribution in [2.75, 3.05) is 13.2 Å². The van der Waals surface area contributed by atoms with E-state index in [1.165, 1.54) is 51.4 Å². The molecule has 0 rings (SSSR count). The Bertz CT molecular complexity index is 117. The first-order valence-corrected chi connectivity index (χ1v) is 6.65. The molecule has 1 unspecified atom stereocenters. The Morgan fingerprint density at radius 2 is 1.60 bits per heavy atom. The van der Waals surface area contributed by atoms with Crippen LogP contribution in [0.5, 0.6) is 0 Å². The van der Waals surface area contributed by atoms with Crippen molar-refractivity contribution in [2.24, 2.45) is 0 Å². The zero-order valence-electron chi connectivity index (χ0n) is 10.6. The third-order valence-electron chi connectivity index (χ3n) is 2.85. The Labute approximate surface area is 95.5 Å². The molecule has 2 N–H and O–H groups in total. The van der Waals surface area contributed by atoms with Crippen LogP contribution in [0.3, 0.4) is 0 Å². The summed E-state index contributed by atoms with van der Waals surface area (Å²) in [6.45, 7) is 5.44. The van der Waals surface area contributed by atoms with Crippen molar-refractivity contribution in [3.63, 3.8) is 0 Å². The summed E-state index contributed by atoms with van der Waals surface area (Å²) in [5, 5.41) is 11.9. The van der Waals surface area contributed by atoms with Gasteiger partial charge in [0.25, 0.3) is 0 Å². The molecule has 2 nitrogen and oxygen atoms in total. The molecule has 0 aromatic carbocycles. The van der Waals surface area contributed by atoms with Crippen LogP contribution in [0.25, 0.3) is 0 Å². The largest absolute Gasteiger partial charge is 0.395 e. The maximum Gasteiger partial charge on any atom is 0.0556 e. The summed E-state index contributed by atoms with van der Waals surface area (Å²) in [6.07, 6.45) is 10.9. The van der Waals surface area contributed by atoms with Gasteiger partial charge in [-0.2, -0.15) is 0 Å². The van der Waals surface area contributed by atoms with Gasteiger partial charge in [0, 0.05) is 12.6 Å². The zero-order valence-corrected chi connectivity index (χ0v) is 10.6. The van der Waals surface area contributed by atoms with Crippen LogP contribution in [0.2, 0.25) is 0 Å². The molecule has 0 heterocycles. The molecular weight excluding hydrogens is 186 g/mol. The molecule has 0 bridgehead atoms. The SMILES string of the molecule is CCCCCCCCCC(C)NCCO. The lowest BCUT2D eigenvalue weighted by Gasteiger charge is -2.12. The molecule has 0 aliphatic carbocycles. The van der Waals surface area contributed by atoms with E-state index in [2.05, 4.69) is 19.2 Å². The summed E-state index contributed by atoms with van der Waals surface area (Å²) in [4.78, 5) is 0. The molecule has 0 saturated heterocycles. The number of unbranched alkanes of at least 4 members (excludes halogenated alkanes) is 6. The first kappa shape index (κ1) is 14.9. The second-order valence-corrected chi connectivity index (χ2v) is 4.49. The van der Waals surface area contributed by atoms with Gasteiger partial charge in [-0.05, 0) is 13.3 Å². The highest BCUT2D eigenvalue weighted by molar-refractivity contribution is 4.60. The van der Waals surface area contributed by atoms with Gasteiger partial charge in [0.05, 0.1) is 6.61 Å². The van der Waals surface area contributed by atoms with E-state index in [1.54, 1.807) is 0 Å². The minimum absolute atomic E-state index is 0.251. The summed E-state index contributed by atoms with van der Waals surface area (Å²) in [5.74, 6) is 0. The average Bonchev–Trinajstić information content (AvgIpc) is 2.25. The van der Waals surface area contributed by atoms with Crippen molar-refractivity contribution in [1.82, 2.24) is 5.32 Å². The molecule has 0 aliphatic rings. The second-order valence-electron chi connectivity index (χ2n) is 4.49. The van der Waals surface area contributed by atoms with Gasteiger partial charge in [-0.1, -0.05) is 51.9 Å². The molecule has 15 heavy (non-hydrogen) atoms. The summed E-state index contributed by atoms with van der Waals surface area (Å²) in [6, 6.07) is 0.563. The standard InChI is InChI=1S/C13H29NO/c1-3-4-5-6-7-8-9-10-13(2)14-11-12-15/h13-15H,3-12H2,1-2H3. The maximum atomic E-state index is 8.64. The van der Waals surface area contributed by atoms with Gasteiger partial charge in [0.1, 0.15) is 0 Å². The fraction of sp³-hybridized carbons (Fsp3) is 1.00. The van der Waals surface area contributed by atoms with Crippen LogP contribution < -0.4 is 5.32 Å². The van der Waals surface area contributed by atoms with Crippen molar-refractivity contribution in [3.8, 4) is 0 Å². The Kier molecular flexibility index (Phi) is 11.9. The number of nitrogens with one attached hydrogen (secondary N) is 1. The molecule has 92 valence electrons. The Balaban J connectivity index is 3.02. The molecule has 0 spiro atoms. The van der Waals surface area contributed by atoms with Crippen molar-refractivity contribution >= 4 is 0 Å². The van der Waals surface area contributed by atoms with Crippen LogP contribution in [0.4, 0.5) is 0 Å². The molecule has 0 radical (unpaired) electrons. The van der Waals surface area contributed by atoms with E-state index in [9.17, 15) is 0 Å². The zero-order chi connectivity index (χ0) is 11.4. The third-order valence-corrected chi connectivity index (χ3v) is 2.85. The summed E-state index contributed by atoms with van der Waals surface area (Å²) < 4.78 is 0. The predicted molar refractivity (Wildman–Crippen MR) is 67.2 cm³/mol. The van der Waals surface area contributed by atoms with Crippen LogP contribution in [0, 0.1) is 0 Å². The molecule has 0 fully saturated rings. The van der Waals surface area contributed by atoms with Crippen LogP contribution in [0.1, 0.15) is 65.2 Å². The molecule has 2 heteroatoms. The van der Waals surface area contributed by atoms with Gasteiger partial charge in [0.15, 0.2) is 0 Å². The van der Waals surface area contributed by atoms with Gasteiger partial charge in [-0.3, -0.25) is 0 Å². The average molecular weight is 215 g/mol. The summed E-state index contributed by atoms with van der Waals surface area (Å²) in [7, 11) is 0. The highest BCUT2D eigenvalue weighted by atomic mass is 16.3. The van der Waals surface area contributed by atoms with Gasteiger partial charge < -0.3 is 10.4 Å². The van der Waals surface area contributed by atoms with E-state index >= 15 is 0 Å². The minimum atomic E-state index is 0.251. The van der Waals surface area contributed by atoms with Gasteiger partial charge in [-0.15, -0.1) is 0 Å². The second kappa shape index (κ2) is 12.0. The Morgan fingerprint density at radius 3 is 2.20 bits per heavy atom. The summed E-state index contributed by atoms with van der Waals surface area (Å²) in [5.41, 5.74) is 0. The molecule has 1 atom stereocenters. The Morgan fingerprint density at radius 1 is 1.00 bits per heavy atom. The van der Waals surface area contributed by atoms with Crippen molar-refractivity contribution < 1.29 is 5.11 Å². The number of hydrogen-bond donors (Lipinski definition) is 2. The van der Waals surface area contributed by atoms with Crippen molar-refractivity contribution in [2.45, 2.75) is 71.3 Å². The summed E-state index contributed by atoms with van der Waals surface area (Å²) >= 11 is 0. The number of rotatable bonds is 11. The highest BCUT2D eigenvalue weighted by Gasteiger charge is 1.99. The quantitative estimate of drug-likeness (QED) is 0.519. The smallest absolute Gasteiger partial charge is 0.0556 e. The van der Waals surface area contributed by atoms with E-state index in [4.69, 9.17) is 5.11 Å². The van der Waals surface area contributed by atoms with Crippen molar-refractivity contribution in [3.05, 3.63) is 0 Å². The normalized spacial score (nSPS) is 13.0. The first-order valence-electron chi connectivity index (χ1n) is 6.65. The van der Waals surface area contributed by atoms with E-state index in [0.717, 1.165) is 6.54 Å². The number of hydrogen-bond acceptors (Lipinski definition) is 2. The van der Waals surface area contributed by atoms with E-state index < -0.39 is 0 Å². The van der Waals surface area contributed by atoms with Gasteiger partial charge in [0.2, 0.25) is 0 Å². The van der Waals surface area contributed by atoms with Crippen molar-refractivity contribution in [1.29, 1.82) is 0 Å². The minimum Gasteiger partial charge on any atom is -0.395 e. The molecule has 0 aliphatic heterocycles. The molecular formula is C13H29NO. The number of aliphatic hydroxyl groups is 1. The van der Waals surface area contributed by atoms with E-state index in [0.29, 0.717) is 6.04 Å². The molecule has 0 aromatic heterocycles. The Hall–Kier alpha value is -0.0800. The lowest BCUT2D eigenvalue weighted by atomic mass is 10.1. The fourth-order valence-electron chi connectivity index (χ4n) is 1.82. The maximum absolute atomic E-state index is 8.64. The lowest BCUT2D eigenvalue weighted by Crippen LogP contribution is -2.28. The molecule has 0 saturated carbocycles.